The van der Waals surface area contributed by atoms with Gasteiger partial charge < -0.3 is 15.8 Å². The highest BCUT2D eigenvalue weighted by Crippen LogP contribution is 2.37. The minimum atomic E-state index is -0.483. The lowest BCUT2D eigenvalue weighted by molar-refractivity contribution is 0.0971. The molecule has 0 bridgehead atoms. The van der Waals surface area contributed by atoms with Crippen LogP contribution in [0.1, 0.15) is 49.6 Å². The van der Waals surface area contributed by atoms with Gasteiger partial charge in [0.1, 0.15) is 10.8 Å². The lowest BCUT2D eigenvalue weighted by Gasteiger charge is -2.13. The number of amides is 2. The lowest BCUT2D eigenvalue weighted by atomic mass is 9.95. The van der Waals surface area contributed by atoms with E-state index in [2.05, 4.69) is 10.6 Å². The number of ether oxygens (including phenoxy) is 1. The van der Waals surface area contributed by atoms with E-state index in [1.807, 2.05) is 36.4 Å². The molecule has 6 nitrogen and oxygen atoms in total. The van der Waals surface area contributed by atoms with Gasteiger partial charge in [0.05, 0.1) is 17.7 Å². The third-order valence-corrected chi connectivity index (χ3v) is 6.91. The van der Waals surface area contributed by atoms with Crippen molar-refractivity contribution in [3.05, 3.63) is 81.7 Å². The summed E-state index contributed by atoms with van der Waals surface area (Å²) in [5.41, 5.74) is 8.67. The molecule has 0 radical (unpaired) electrons. The highest BCUT2D eigenvalue weighted by molar-refractivity contribution is 7.80. The van der Waals surface area contributed by atoms with E-state index in [0.29, 0.717) is 28.5 Å². The van der Waals surface area contributed by atoms with Gasteiger partial charge in [-0.3, -0.25) is 14.9 Å². The number of hydrogen-bond acceptors (Lipinski definition) is 5. The maximum absolute atomic E-state index is 12.9. The summed E-state index contributed by atoms with van der Waals surface area (Å²) in [6, 6.07) is 17.1. The number of thiocarbonyl (C=S) groups is 1. The average Bonchev–Trinajstić information content (AvgIpc) is 3.18. The number of primary amides is 1. The number of nitrogens with two attached hydrogens (primary N) is 1. The van der Waals surface area contributed by atoms with Gasteiger partial charge in [-0.15, -0.1) is 11.3 Å². The first-order chi connectivity index (χ1) is 16.0. The third kappa shape index (κ3) is 5.58. The summed E-state index contributed by atoms with van der Waals surface area (Å²) in [5, 5.41) is 6.41. The van der Waals surface area contributed by atoms with Crippen molar-refractivity contribution in [1.29, 1.82) is 0 Å². The molecule has 1 aliphatic carbocycles. The molecule has 0 spiro atoms. The molecule has 0 atom stereocenters. The van der Waals surface area contributed by atoms with Gasteiger partial charge in [0, 0.05) is 11.3 Å². The zero-order chi connectivity index (χ0) is 23.2. The van der Waals surface area contributed by atoms with Gasteiger partial charge in [-0.25, -0.2) is 0 Å². The molecule has 8 heteroatoms. The van der Waals surface area contributed by atoms with Gasteiger partial charge >= 0.3 is 0 Å². The van der Waals surface area contributed by atoms with Crippen LogP contribution in [-0.2, 0) is 19.3 Å². The normalized spacial score (nSPS) is 12.5. The van der Waals surface area contributed by atoms with Crippen LogP contribution in [0.4, 0.5) is 5.00 Å². The molecule has 0 unspecified atom stereocenters. The number of hydrogen-bond donors (Lipinski definition) is 3. The predicted molar refractivity (Wildman–Crippen MR) is 135 cm³/mol. The van der Waals surface area contributed by atoms with Crippen LogP contribution in [0.25, 0.3) is 0 Å². The Bertz CT molecular complexity index is 1170. The summed E-state index contributed by atoms with van der Waals surface area (Å²) < 4.78 is 5.88. The number of fused-ring (bicyclic) bond motifs is 1. The molecule has 3 aromatic rings. The van der Waals surface area contributed by atoms with Crippen molar-refractivity contribution < 1.29 is 14.3 Å². The van der Waals surface area contributed by atoms with Crippen molar-refractivity contribution in [3.63, 3.8) is 0 Å². The van der Waals surface area contributed by atoms with E-state index in [1.165, 1.54) is 11.3 Å². The van der Waals surface area contributed by atoms with Gasteiger partial charge in [0.2, 0.25) is 0 Å². The number of nitrogens with one attached hydrogen (secondary N) is 2. The first-order valence-corrected chi connectivity index (χ1v) is 12.1. The predicted octanol–water partition coefficient (Wildman–Crippen LogP) is 4.47. The fourth-order valence-electron chi connectivity index (χ4n) is 3.92. The van der Waals surface area contributed by atoms with Crippen LogP contribution in [0.15, 0.2) is 54.6 Å². The fraction of sp³-hybridized carbons (Fsp3) is 0.240. The van der Waals surface area contributed by atoms with Crippen molar-refractivity contribution in [1.82, 2.24) is 5.32 Å². The summed E-state index contributed by atoms with van der Waals surface area (Å²) in [6.07, 6.45) is 4.61. The molecule has 0 fully saturated rings. The first kappa shape index (κ1) is 22.9. The quantitative estimate of drug-likeness (QED) is 0.435. The molecule has 0 saturated carbocycles. The number of anilines is 1. The first-order valence-electron chi connectivity index (χ1n) is 10.9. The summed E-state index contributed by atoms with van der Waals surface area (Å²) >= 11 is 6.84. The van der Waals surface area contributed by atoms with E-state index in [1.54, 1.807) is 18.2 Å². The monoisotopic (exact) mass is 479 g/mol. The van der Waals surface area contributed by atoms with Crippen LogP contribution in [0.3, 0.4) is 0 Å². The van der Waals surface area contributed by atoms with Crippen molar-refractivity contribution in [2.45, 2.75) is 32.1 Å². The number of aryl methyl sites for hydroxylation is 1. The van der Waals surface area contributed by atoms with Gasteiger partial charge in [-0.1, -0.05) is 42.5 Å². The maximum atomic E-state index is 12.9. The van der Waals surface area contributed by atoms with E-state index in [0.717, 1.165) is 48.1 Å². The summed E-state index contributed by atoms with van der Waals surface area (Å²) in [5.74, 6) is -0.383. The van der Waals surface area contributed by atoms with Crippen LogP contribution in [-0.4, -0.2) is 23.5 Å². The maximum Gasteiger partial charge on any atom is 0.261 e. The summed E-state index contributed by atoms with van der Waals surface area (Å²) in [4.78, 5) is 26.1. The Labute approximate surface area is 202 Å². The number of thiophene rings is 1. The highest BCUT2D eigenvalue weighted by atomic mass is 32.1. The third-order valence-electron chi connectivity index (χ3n) is 5.49. The molecule has 0 aliphatic heterocycles. The van der Waals surface area contributed by atoms with Gasteiger partial charge in [0.25, 0.3) is 11.8 Å². The van der Waals surface area contributed by atoms with E-state index < -0.39 is 5.91 Å². The second kappa shape index (κ2) is 10.6. The largest absolute Gasteiger partial charge is 0.492 e. The standard InChI is InChI=1S/C25H25N3O3S2/c26-22(29)21-18-11-5-7-13-20(18)33-24(21)28-25(32)27-23(30)17-10-4-6-12-19(17)31-15-14-16-8-2-1-3-9-16/h1-4,6,8-10,12H,5,7,11,13-15H2,(H2,26,29)(H2,27,28,30,32). The molecule has 1 aromatic heterocycles. The molecule has 33 heavy (non-hydrogen) atoms. The molecular formula is C25H25N3O3S2. The van der Waals surface area contributed by atoms with Crippen molar-refractivity contribution in [2.24, 2.45) is 5.73 Å². The molecule has 1 aliphatic rings. The molecule has 2 aromatic carbocycles. The molecule has 0 saturated heterocycles. The molecule has 2 amide bonds. The van der Waals surface area contributed by atoms with E-state index in [9.17, 15) is 9.59 Å². The Morgan fingerprint density at radius 3 is 2.55 bits per heavy atom. The Hall–Kier alpha value is -3.23. The zero-order valence-electron chi connectivity index (χ0n) is 18.1. The average molecular weight is 480 g/mol. The van der Waals surface area contributed by atoms with Gasteiger partial charge in [-0.2, -0.15) is 0 Å². The van der Waals surface area contributed by atoms with Crippen LogP contribution in [0.2, 0.25) is 0 Å². The van der Waals surface area contributed by atoms with Gasteiger partial charge in [0.15, 0.2) is 5.11 Å². The molecule has 1 heterocycles. The molecular weight excluding hydrogens is 454 g/mol. The van der Waals surface area contributed by atoms with Crippen molar-refractivity contribution in [3.8, 4) is 5.75 Å². The Balaban J connectivity index is 1.41. The Morgan fingerprint density at radius 2 is 1.76 bits per heavy atom. The smallest absolute Gasteiger partial charge is 0.261 e. The minimum absolute atomic E-state index is 0.111. The second-order valence-electron chi connectivity index (χ2n) is 7.77. The SMILES string of the molecule is NC(=O)c1c(NC(=S)NC(=O)c2ccccc2OCCc2ccccc2)sc2c1CCCC2. The van der Waals surface area contributed by atoms with Crippen molar-refractivity contribution >= 4 is 45.5 Å². The topological polar surface area (TPSA) is 93.5 Å². The van der Waals surface area contributed by atoms with E-state index >= 15 is 0 Å². The van der Waals surface area contributed by atoms with Crippen LogP contribution < -0.4 is 21.1 Å². The number of benzene rings is 2. The fourth-order valence-corrected chi connectivity index (χ4v) is 5.48. The number of carbonyl (C=O) groups is 2. The minimum Gasteiger partial charge on any atom is -0.492 e. The Kier molecular flexibility index (Phi) is 7.36. The van der Waals surface area contributed by atoms with Crippen LogP contribution in [0.5, 0.6) is 5.75 Å². The van der Waals surface area contributed by atoms with E-state index in [-0.39, 0.29) is 11.0 Å². The van der Waals surface area contributed by atoms with Gasteiger partial charge in [-0.05, 0) is 61.2 Å². The molecule has 4 rings (SSSR count). The number of para-hydroxylation sites is 1. The zero-order valence-corrected chi connectivity index (χ0v) is 19.7. The second-order valence-corrected chi connectivity index (χ2v) is 9.28. The van der Waals surface area contributed by atoms with Crippen LogP contribution >= 0.6 is 23.6 Å². The summed E-state index contributed by atoms with van der Waals surface area (Å²) in [6.45, 7) is 0.444. The Morgan fingerprint density at radius 1 is 1.03 bits per heavy atom. The molecule has 4 N–H and O–H groups in total. The number of rotatable bonds is 7. The van der Waals surface area contributed by atoms with Crippen molar-refractivity contribution in [2.75, 3.05) is 11.9 Å². The van der Waals surface area contributed by atoms with Crippen LogP contribution in [0, 0.1) is 0 Å². The molecule has 170 valence electrons. The number of carbonyl (C=O) groups excluding carboxylic acids is 2. The summed E-state index contributed by atoms with van der Waals surface area (Å²) in [7, 11) is 0. The lowest BCUT2D eigenvalue weighted by Crippen LogP contribution is -2.34. The van der Waals surface area contributed by atoms with E-state index in [4.69, 9.17) is 22.7 Å². The highest BCUT2D eigenvalue weighted by Gasteiger charge is 2.25.